The summed E-state index contributed by atoms with van der Waals surface area (Å²) in [5.41, 5.74) is 7.42. The number of halogens is 1. The lowest BCUT2D eigenvalue weighted by molar-refractivity contribution is 0.488. The maximum atomic E-state index is 12.7. The molecule has 0 aromatic heterocycles. The Morgan fingerprint density at radius 3 is 2.07 bits per heavy atom. The minimum Gasteiger partial charge on any atom is -0.326 e. The van der Waals surface area contributed by atoms with Crippen LogP contribution in [0.5, 0.6) is 0 Å². The molecular formula is C12H12FN. The van der Waals surface area contributed by atoms with Crippen LogP contribution in [0.2, 0.25) is 0 Å². The fraction of sp³-hybridized carbons (Fsp3) is 0.167. The highest BCUT2D eigenvalue weighted by Gasteiger charge is 2.02. The highest BCUT2D eigenvalue weighted by molar-refractivity contribution is 5.88. The third-order valence-electron chi connectivity index (χ3n) is 2.47. The third-order valence-corrected chi connectivity index (χ3v) is 2.47. The van der Waals surface area contributed by atoms with Crippen molar-refractivity contribution in [1.82, 2.24) is 0 Å². The van der Waals surface area contributed by atoms with Gasteiger partial charge in [0.2, 0.25) is 0 Å². The van der Waals surface area contributed by atoms with Crippen LogP contribution in [0.25, 0.3) is 10.8 Å². The van der Waals surface area contributed by atoms with Gasteiger partial charge in [-0.1, -0.05) is 36.4 Å². The molecular weight excluding hydrogens is 177 g/mol. The van der Waals surface area contributed by atoms with Gasteiger partial charge in [-0.3, -0.25) is 0 Å². The Labute approximate surface area is 82.3 Å². The first-order valence-electron chi connectivity index (χ1n) is 4.62. The van der Waals surface area contributed by atoms with Gasteiger partial charge in [-0.2, -0.15) is 0 Å². The Kier molecular flexibility index (Phi) is 2.46. The van der Waals surface area contributed by atoms with E-state index in [0.717, 1.165) is 21.9 Å². The van der Waals surface area contributed by atoms with E-state index < -0.39 is 6.67 Å². The van der Waals surface area contributed by atoms with Gasteiger partial charge in [-0.15, -0.1) is 0 Å². The number of alkyl halides is 1. The van der Waals surface area contributed by atoms with E-state index in [4.69, 9.17) is 5.73 Å². The zero-order chi connectivity index (χ0) is 9.97. The van der Waals surface area contributed by atoms with Gasteiger partial charge in [0.15, 0.2) is 0 Å². The number of benzene rings is 2. The number of fused-ring (bicyclic) bond motifs is 1. The summed E-state index contributed by atoms with van der Waals surface area (Å²) >= 11 is 0. The molecule has 0 aliphatic carbocycles. The molecule has 2 rings (SSSR count). The molecule has 1 nitrogen and oxygen atoms in total. The van der Waals surface area contributed by atoms with Crippen LogP contribution < -0.4 is 5.73 Å². The van der Waals surface area contributed by atoms with Crippen molar-refractivity contribution in [1.29, 1.82) is 0 Å². The smallest absolute Gasteiger partial charge is 0.115 e. The Morgan fingerprint density at radius 1 is 0.929 bits per heavy atom. The Balaban J connectivity index is 2.77. The van der Waals surface area contributed by atoms with Crippen LogP contribution in [0.1, 0.15) is 11.1 Å². The fourth-order valence-corrected chi connectivity index (χ4v) is 1.73. The standard InChI is InChI=1S/C12H12FN/c13-7-9-3-1-6-12-10(8-14)4-2-5-11(9)12/h1-6H,7-8,14H2. The molecule has 0 radical (unpaired) electrons. The monoisotopic (exact) mass is 189 g/mol. The van der Waals surface area contributed by atoms with E-state index >= 15 is 0 Å². The zero-order valence-electron chi connectivity index (χ0n) is 7.83. The minimum absolute atomic E-state index is 0.425. The number of hydrogen-bond donors (Lipinski definition) is 1. The van der Waals surface area contributed by atoms with E-state index in [9.17, 15) is 4.39 Å². The minimum atomic E-state index is -0.425. The van der Waals surface area contributed by atoms with Gasteiger partial charge < -0.3 is 5.73 Å². The molecule has 0 fully saturated rings. The summed E-state index contributed by atoms with van der Waals surface area (Å²) in [5, 5.41) is 2.03. The van der Waals surface area contributed by atoms with Crippen molar-refractivity contribution in [2.75, 3.05) is 0 Å². The number of nitrogens with two attached hydrogens (primary N) is 1. The highest BCUT2D eigenvalue weighted by Crippen LogP contribution is 2.22. The van der Waals surface area contributed by atoms with Crippen LogP contribution in [-0.2, 0) is 13.2 Å². The summed E-state index contributed by atoms with van der Waals surface area (Å²) in [5.74, 6) is 0. The predicted octanol–water partition coefficient (Wildman–Crippen LogP) is 2.77. The molecule has 0 bridgehead atoms. The van der Waals surface area contributed by atoms with E-state index in [0.29, 0.717) is 6.54 Å². The van der Waals surface area contributed by atoms with Gasteiger partial charge in [0.25, 0.3) is 0 Å². The van der Waals surface area contributed by atoms with Crippen molar-refractivity contribution in [3.63, 3.8) is 0 Å². The van der Waals surface area contributed by atoms with Crippen LogP contribution >= 0.6 is 0 Å². The van der Waals surface area contributed by atoms with Crippen molar-refractivity contribution in [3.05, 3.63) is 47.5 Å². The van der Waals surface area contributed by atoms with Crippen molar-refractivity contribution in [2.45, 2.75) is 13.2 Å². The summed E-state index contributed by atoms with van der Waals surface area (Å²) in [6.07, 6.45) is 0. The van der Waals surface area contributed by atoms with E-state index in [1.165, 1.54) is 0 Å². The van der Waals surface area contributed by atoms with Gasteiger partial charge in [-0.25, -0.2) is 4.39 Å². The molecule has 0 aliphatic heterocycles. The Hall–Kier alpha value is -1.41. The summed E-state index contributed by atoms with van der Waals surface area (Å²) in [6.45, 7) is 0.0679. The molecule has 0 saturated heterocycles. The zero-order valence-corrected chi connectivity index (χ0v) is 7.83. The van der Waals surface area contributed by atoms with Crippen LogP contribution in [0.3, 0.4) is 0 Å². The summed E-state index contributed by atoms with van der Waals surface area (Å²) in [6, 6.07) is 11.5. The fourth-order valence-electron chi connectivity index (χ4n) is 1.73. The SMILES string of the molecule is NCc1cccc2c(CF)cccc12. The normalized spacial score (nSPS) is 10.7. The molecule has 0 heterocycles. The van der Waals surface area contributed by atoms with E-state index in [2.05, 4.69) is 0 Å². The average Bonchev–Trinajstić information content (AvgIpc) is 2.27. The molecule has 0 unspecified atom stereocenters. The molecule has 72 valence electrons. The molecule has 2 aromatic rings. The first kappa shape index (κ1) is 9.16. The third kappa shape index (κ3) is 1.38. The lowest BCUT2D eigenvalue weighted by Crippen LogP contribution is -1.97. The lowest BCUT2D eigenvalue weighted by atomic mass is 10.0. The molecule has 2 N–H and O–H groups in total. The van der Waals surface area contributed by atoms with Gasteiger partial charge in [0, 0.05) is 6.54 Å². The lowest BCUT2D eigenvalue weighted by Gasteiger charge is -2.06. The second-order valence-electron chi connectivity index (χ2n) is 3.27. The molecule has 0 atom stereocenters. The second kappa shape index (κ2) is 3.76. The van der Waals surface area contributed by atoms with Crippen LogP contribution in [0.15, 0.2) is 36.4 Å². The van der Waals surface area contributed by atoms with Gasteiger partial charge in [-0.05, 0) is 21.9 Å². The predicted molar refractivity (Wildman–Crippen MR) is 56.7 cm³/mol. The molecule has 0 amide bonds. The average molecular weight is 189 g/mol. The first-order chi connectivity index (χ1) is 6.86. The van der Waals surface area contributed by atoms with E-state index in [1.54, 1.807) is 0 Å². The molecule has 2 heteroatoms. The van der Waals surface area contributed by atoms with Crippen LogP contribution in [0, 0.1) is 0 Å². The largest absolute Gasteiger partial charge is 0.326 e. The van der Waals surface area contributed by atoms with Gasteiger partial charge in [0.1, 0.15) is 6.67 Å². The van der Waals surface area contributed by atoms with Crippen molar-refractivity contribution in [3.8, 4) is 0 Å². The first-order valence-corrected chi connectivity index (χ1v) is 4.62. The van der Waals surface area contributed by atoms with E-state index in [-0.39, 0.29) is 0 Å². The summed E-state index contributed by atoms with van der Waals surface area (Å²) in [4.78, 5) is 0. The van der Waals surface area contributed by atoms with Crippen LogP contribution in [0.4, 0.5) is 4.39 Å². The summed E-state index contributed by atoms with van der Waals surface area (Å²) < 4.78 is 12.7. The summed E-state index contributed by atoms with van der Waals surface area (Å²) in [7, 11) is 0. The maximum Gasteiger partial charge on any atom is 0.115 e. The highest BCUT2D eigenvalue weighted by atomic mass is 19.1. The molecule has 0 aliphatic rings. The second-order valence-corrected chi connectivity index (χ2v) is 3.27. The number of hydrogen-bond acceptors (Lipinski definition) is 1. The topological polar surface area (TPSA) is 26.0 Å². The Morgan fingerprint density at radius 2 is 1.50 bits per heavy atom. The van der Waals surface area contributed by atoms with E-state index in [1.807, 2.05) is 36.4 Å². The molecule has 14 heavy (non-hydrogen) atoms. The Bertz CT molecular complexity index is 408. The van der Waals surface area contributed by atoms with Gasteiger partial charge >= 0.3 is 0 Å². The van der Waals surface area contributed by atoms with Crippen LogP contribution in [-0.4, -0.2) is 0 Å². The quantitative estimate of drug-likeness (QED) is 0.772. The maximum absolute atomic E-state index is 12.7. The molecule has 0 saturated carbocycles. The molecule has 2 aromatic carbocycles. The van der Waals surface area contributed by atoms with Crippen molar-refractivity contribution in [2.24, 2.45) is 5.73 Å². The van der Waals surface area contributed by atoms with Gasteiger partial charge in [0.05, 0.1) is 0 Å². The van der Waals surface area contributed by atoms with Crippen molar-refractivity contribution < 1.29 is 4.39 Å². The number of rotatable bonds is 2. The molecule has 0 spiro atoms. The van der Waals surface area contributed by atoms with Crippen molar-refractivity contribution >= 4 is 10.8 Å².